The van der Waals surface area contributed by atoms with Gasteiger partial charge in [0.1, 0.15) is 11.1 Å². The average Bonchev–Trinajstić information content (AvgIpc) is 3.09. The minimum atomic E-state index is 0.0551. The summed E-state index contributed by atoms with van der Waals surface area (Å²) in [6.07, 6.45) is 1.92. The number of aryl methyl sites for hydroxylation is 2. The molecular formula is C14H20N4O2S. The Morgan fingerprint density at radius 1 is 1.43 bits per heavy atom. The van der Waals surface area contributed by atoms with E-state index >= 15 is 0 Å². The van der Waals surface area contributed by atoms with Crippen LogP contribution in [0.1, 0.15) is 41.9 Å². The van der Waals surface area contributed by atoms with Crippen molar-refractivity contribution in [1.29, 1.82) is 0 Å². The SMILES string of the molecule is CCCc1nc(CN2CCO[C@H](c3nc(C)cs3)C2)no1. The van der Waals surface area contributed by atoms with Gasteiger partial charge < -0.3 is 9.26 Å². The standard InChI is InChI=1S/C14H20N4O2S/c1-3-4-13-16-12(17-20-13)8-18-5-6-19-11(7-18)14-15-10(2)9-21-14/h9,11H,3-8H2,1-2H3/t11-/m0/s1. The first kappa shape index (κ1) is 14.6. The third-order valence-corrected chi connectivity index (χ3v) is 4.46. The van der Waals surface area contributed by atoms with Crippen LogP contribution in [0.25, 0.3) is 0 Å². The monoisotopic (exact) mass is 308 g/mol. The van der Waals surface area contributed by atoms with Crippen molar-refractivity contribution in [3.63, 3.8) is 0 Å². The van der Waals surface area contributed by atoms with Gasteiger partial charge in [-0.25, -0.2) is 4.98 Å². The Hall–Kier alpha value is -1.31. The molecule has 0 radical (unpaired) electrons. The van der Waals surface area contributed by atoms with E-state index in [0.29, 0.717) is 13.2 Å². The van der Waals surface area contributed by atoms with Crippen molar-refractivity contribution in [2.75, 3.05) is 19.7 Å². The number of nitrogens with zero attached hydrogens (tertiary/aromatic N) is 4. The predicted molar refractivity (Wildman–Crippen MR) is 79.1 cm³/mol. The van der Waals surface area contributed by atoms with Crippen LogP contribution in [0.2, 0.25) is 0 Å². The van der Waals surface area contributed by atoms with Crippen molar-refractivity contribution in [2.45, 2.75) is 39.3 Å². The molecule has 1 atom stereocenters. The fourth-order valence-electron chi connectivity index (χ4n) is 2.39. The summed E-state index contributed by atoms with van der Waals surface area (Å²) in [7, 11) is 0. The molecule has 3 rings (SSSR count). The first-order valence-corrected chi connectivity index (χ1v) is 8.20. The fraction of sp³-hybridized carbons (Fsp3) is 0.643. The van der Waals surface area contributed by atoms with Crippen molar-refractivity contribution in [2.24, 2.45) is 0 Å². The van der Waals surface area contributed by atoms with Gasteiger partial charge in [-0.1, -0.05) is 12.1 Å². The lowest BCUT2D eigenvalue weighted by atomic mass is 10.2. The Bertz CT molecular complexity index is 583. The average molecular weight is 308 g/mol. The molecule has 114 valence electrons. The summed E-state index contributed by atoms with van der Waals surface area (Å²) in [6.45, 7) is 7.24. The normalized spacial score (nSPS) is 20.0. The maximum Gasteiger partial charge on any atom is 0.226 e. The number of ether oxygens (including phenoxy) is 1. The van der Waals surface area contributed by atoms with E-state index in [1.807, 2.05) is 6.92 Å². The van der Waals surface area contributed by atoms with Gasteiger partial charge in [0.25, 0.3) is 0 Å². The molecule has 0 saturated carbocycles. The molecule has 0 unspecified atom stereocenters. The van der Waals surface area contributed by atoms with Crippen LogP contribution < -0.4 is 0 Å². The smallest absolute Gasteiger partial charge is 0.226 e. The molecule has 1 aliphatic heterocycles. The third-order valence-electron chi connectivity index (χ3n) is 3.40. The molecule has 2 aromatic rings. The number of hydrogen-bond acceptors (Lipinski definition) is 7. The number of rotatable bonds is 5. The minimum Gasteiger partial charge on any atom is -0.368 e. The minimum absolute atomic E-state index is 0.0551. The summed E-state index contributed by atoms with van der Waals surface area (Å²) in [5.41, 5.74) is 1.05. The van der Waals surface area contributed by atoms with Gasteiger partial charge in [0.15, 0.2) is 5.82 Å². The van der Waals surface area contributed by atoms with Gasteiger partial charge in [0, 0.05) is 30.6 Å². The lowest BCUT2D eigenvalue weighted by Gasteiger charge is -2.30. The second-order valence-electron chi connectivity index (χ2n) is 5.28. The number of morpholine rings is 1. The van der Waals surface area contributed by atoms with Crippen molar-refractivity contribution in [3.05, 3.63) is 27.8 Å². The third kappa shape index (κ3) is 3.66. The molecule has 0 aliphatic carbocycles. The van der Waals surface area contributed by atoms with Gasteiger partial charge in [0.2, 0.25) is 5.89 Å². The molecule has 1 saturated heterocycles. The summed E-state index contributed by atoms with van der Waals surface area (Å²) in [5, 5.41) is 7.17. The molecule has 21 heavy (non-hydrogen) atoms. The Labute approximate surface area is 128 Å². The number of hydrogen-bond donors (Lipinski definition) is 0. The van der Waals surface area contributed by atoms with Crippen LogP contribution in [0.5, 0.6) is 0 Å². The Kier molecular flexibility index (Phi) is 4.62. The van der Waals surface area contributed by atoms with Gasteiger partial charge in [-0.3, -0.25) is 4.90 Å². The van der Waals surface area contributed by atoms with Crippen LogP contribution >= 0.6 is 11.3 Å². The zero-order chi connectivity index (χ0) is 14.7. The number of thiazole rings is 1. The van der Waals surface area contributed by atoms with Gasteiger partial charge in [-0.05, 0) is 13.3 Å². The highest BCUT2D eigenvalue weighted by molar-refractivity contribution is 7.09. The molecule has 0 spiro atoms. The molecule has 1 fully saturated rings. The van der Waals surface area contributed by atoms with Crippen LogP contribution in [-0.4, -0.2) is 39.7 Å². The molecule has 0 N–H and O–H groups in total. The zero-order valence-corrected chi connectivity index (χ0v) is 13.2. The van der Waals surface area contributed by atoms with E-state index in [4.69, 9.17) is 9.26 Å². The molecule has 6 nitrogen and oxygen atoms in total. The quantitative estimate of drug-likeness (QED) is 0.845. The molecule has 0 bridgehead atoms. The summed E-state index contributed by atoms with van der Waals surface area (Å²) in [6, 6.07) is 0. The van der Waals surface area contributed by atoms with Gasteiger partial charge in [-0.2, -0.15) is 4.98 Å². The Balaban J connectivity index is 1.60. The molecule has 3 heterocycles. The molecule has 2 aromatic heterocycles. The predicted octanol–water partition coefficient (Wildman–Crippen LogP) is 2.36. The van der Waals surface area contributed by atoms with Crippen molar-refractivity contribution < 1.29 is 9.26 Å². The first-order valence-electron chi connectivity index (χ1n) is 7.32. The zero-order valence-electron chi connectivity index (χ0n) is 12.4. The van der Waals surface area contributed by atoms with E-state index in [1.165, 1.54) is 0 Å². The van der Waals surface area contributed by atoms with Crippen LogP contribution in [0.3, 0.4) is 0 Å². The van der Waals surface area contributed by atoms with Crippen LogP contribution in [0.4, 0.5) is 0 Å². The molecule has 0 amide bonds. The second kappa shape index (κ2) is 6.64. The highest BCUT2D eigenvalue weighted by Gasteiger charge is 2.25. The lowest BCUT2D eigenvalue weighted by Crippen LogP contribution is -2.38. The lowest BCUT2D eigenvalue weighted by molar-refractivity contribution is -0.0339. The van der Waals surface area contributed by atoms with Gasteiger partial charge in [-0.15, -0.1) is 11.3 Å². The van der Waals surface area contributed by atoms with E-state index in [2.05, 4.69) is 32.3 Å². The Morgan fingerprint density at radius 3 is 3.10 bits per heavy atom. The van der Waals surface area contributed by atoms with Crippen LogP contribution in [-0.2, 0) is 17.7 Å². The summed E-state index contributed by atoms with van der Waals surface area (Å²) < 4.78 is 11.1. The maximum absolute atomic E-state index is 5.83. The number of aromatic nitrogens is 3. The van der Waals surface area contributed by atoms with Crippen LogP contribution in [0, 0.1) is 6.92 Å². The van der Waals surface area contributed by atoms with Crippen molar-refractivity contribution in [1.82, 2.24) is 20.0 Å². The highest BCUT2D eigenvalue weighted by atomic mass is 32.1. The fourth-order valence-corrected chi connectivity index (χ4v) is 3.22. The van der Waals surface area contributed by atoms with E-state index in [-0.39, 0.29) is 6.10 Å². The van der Waals surface area contributed by atoms with Crippen LogP contribution in [0.15, 0.2) is 9.90 Å². The summed E-state index contributed by atoms with van der Waals surface area (Å²) in [5.74, 6) is 1.49. The Morgan fingerprint density at radius 2 is 2.33 bits per heavy atom. The maximum atomic E-state index is 5.83. The molecule has 7 heteroatoms. The topological polar surface area (TPSA) is 64.3 Å². The van der Waals surface area contributed by atoms with E-state index < -0.39 is 0 Å². The van der Waals surface area contributed by atoms with E-state index in [9.17, 15) is 0 Å². The summed E-state index contributed by atoms with van der Waals surface area (Å²) >= 11 is 1.66. The molecule has 0 aromatic carbocycles. The molecule has 1 aliphatic rings. The van der Waals surface area contributed by atoms with Gasteiger partial charge >= 0.3 is 0 Å². The van der Waals surface area contributed by atoms with Crippen molar-refractivity contribution >= 4 is 11.3 Å². The molecular weight excluding hydrogens is 288 g/mol. The second-order valence-corrected chi connectivity index (χ2v) is 6.17. The first-order chi connectivity index (χ1) is 10.2. The van der Waals surface area contributed by atoms with E-state index in [0.717, 1.165) is 48.3 Å². The van der Waals surface area contributed by atoms with Crippen molar-refractivity contribution in [3.8, 4) is 0 Å². The largest absolute Gasteiger partial charge is 0.368 e. The highest BCUT2D eigenvalue weighted by Crippen LogP contribution is 2.25. The summed E-state index contributed by atoms with van der Waals surface area (Å²) in [4.78, 5) is 11.2. The van der Waals surface area contributed by atoms with Gasteiger partial charge in [0.05, 0.1) is 13.2 Å². The van der Waals surface area contributed by atoms with E-state index in [1.54, 1.807) is 11.3 Å².